The van der Waals surface area contributed by atoms with Crippen molar-refractivity contribution in [2.75, 3.05) is 16.8 Å². The van der Waals surface area contributed by atoms with Crippen molar-refractivity contribution in [1.29, 1.82) is 0 Å². The number of rotatable bonds is 8. The number of hydrogen-bond acceptors (Lipinski definition) is 5. The van der Waals surface area contributed by atoms with E-state index >= 15 is 0 Å². The van der Waals surface area contributed by atoms with Crippen molar-refractivity contribution in [3.8, 4) is 0 Å². The van der Waals surface area contributed by atoms with Crippen LogP contribution in [0.25, 0.3) is 0 Å². The molecule has 9 heteroatoms. The van der Waals surface area contributed by atoms with Crippen LogP contribution in [0, 0.1) is 0 Å². The Bertz CT molecular complexity index is 1090. The summed E-state index contributed by atoms with van der Waals surface area (Å²) in [5, 5.41) is 2.80. The van der Waals surface area contributed by atoms with Crippen LogP contribution in [-0.4, -0.2) is 41.3 Å². The molecule has 0 aromatic heterocycles. The van der Waals surface area contributed by atoms with Crippen LogP contribution < -0.4 is 9.62 Å². The molecule has 0 aliphatic carbocycles. The number of amides is 1. The summed E-state index contributed by atoms with van der Waals surface area (Å²) in [6.45, 7) is 5.29. The molecular weight excluding hydrogens is 424 g/mol. The van der Waals surface area contributed by atoms with E-state index in [2.05, 4.69) is 5.32 Å². The first kappa shape index (κ1) is 23.9. The van der Waals surface area contributed by atoms with Gasteiger partial charge in [-0.3, -0.25) is 9.10 Å². The lowest BCUT2D eigenvalue weighted by Gasteiger charge is -2.29. The van der Waals surface area contributed by atoms with Gasteiger partial charge in [0, 0.05) is 6.26 Å². The van der Waals surface area contributed by atoms with Gasteiger partial charge in [0.25, 0.3) is 0 Å². The van der Waals surface area contributed by atoms with Gasteiger partial charge in [0.15, 0.2) is 9.84 Å². The summed E-state index contributed by atoms with van der Waals surface area (Å²) in [5.74, 6) is -0.459. The highest BCUT2D eigenvalue weighted by atomic mass is 32.2. The Kier molecular flexibility index (Phi) is 7.31. The van der Waals surface area contributed by atoms with E-state index in [0.717, 1.165) is 28.8 Å². The third kappa shape index (κ3) is 5.82. The SMILES string of the molecule is CCc1ccc(N([C@@H](C)C(=O)N[C@H](C)c2ccc(S(C)(=O)=O)cc2)S(C)(=O)=O)cc1. The smallest absolute Gasteiger partial charge is 0.244 e. The van der Waals surface area contributed by atoms with Gasteiger partial charge in [-0.2, -0.15) is 0 Å². The monoisotopic (exact) mass is 452 g/mol. The molecule has 0 heterocycles. The minimum atomic E-state index is -3.70. The lowest BCUT2D eigenvalue weighted by atomic mass is 10.1. The van der Waals surface area contributed by atoms with Crippen LogP contribution in [0.1, 0.15) is 37.9 Å². The van der Waals surface area contributed by atoms with E-state index in [4.69, 9.17) is 0 Å². The van der Waals surface area contributed by atoms with E-state index < -0.39 is 37.9 Å². The number of benzene rings is 2. The Hall–Kier alpha value is -2.39. The molecule has 2 atom stereocenters. The summed E-state index contributed by atoms with van der Waals surface area (Å²) in [5.41, 5.74) is 2.19. The first-order valence-electron chi connectivity index (χ1n) is 9.53. The summed E-state index contributed by atoms with van der Waals surface area (Å²) in [6, 6.07) is 11.9. The number of carbonyl (C=O) groups excluding carboxylic acids is 1. The zero-order chi connectivity index (χ0) is 22.7. The van der Waals surface area contributed by atoms with E-state index in [9.17, 15) is 21.6 Å². The Labute approximate surface area is 179 Å². The molecule has 1 amide bonds. The topological polar surface area (TPSA) is 101 Å². The fourth-order valence-electron chi connectivity index (χ4n) is 3.11. The minimum absolute atomic E-state index is 0.192. The van der Waals surface area contributed by atoms with Gasteiger partial charge in [0.2, 0.25) is 15.9 Å². The maximum Gasteiger partial charge on any atom is 0.244 e. The molecule has 7 nitrogen and oxygen atoms in total. The molecule has 0 bridgehead atoms. The van der Waals surface area contributed by atoms with Gasteiger partial charge >= 0.3 is 0 Å². The molecule has 2 aromatic carbocycles. The molecule has 0 saturated heterocycles. The quantitative estimate of drug-likeness (QED) is 0.664. The van der Waals surface area contributed by atoms with Gasteiger partial charge in [-0.15, -0.1) is 0 Å². The average Bonchev–Trinajstić information content (AvgIpc) is 2.66. The van der Waals surface area contributed by atoms with E-state index in [1.165, 1.54) is 19.1 Å². The van der Waals surface area contributed by atoms with Crippen LogP contribution >= 0.6 is 0 Å². The van der Waals surface area contributed by atoms with E-state index in [0.29, 0.717) is 11.3 Å². The van der Waals surface area contributed by atoms with Crippen molar-refractivity contribution in [2.45, 2.75) is 44.2 Å². The highest BCUT2D eigenvalue weighted by Crippen LogP contribution is 2.23. The molecular formula is C21H28N2O5S2. The number of anilines is 1. The Morgan fingerprint density at radius 2 is 1.47 bits per heavy atom. The van der Waals surface area contributed by atoms with Crippen molar-refractivity contribution >= 4 is 31.5 Å². The number of sulfonamides is 1. The van der Waals surface area contributed by atoms with Crippen LogP contribution in [0.2, 0.25) is 0 Å². The second-order valence-electron chi connectivity index (χ2n) is 7.33. The molecule has 0 radical (unpaired) electrons. The number of aryl methyl sites for hydroxylation is 1. The van der Waals surface area contributed by atoms with Gasteiger partial charge in [-0.25, -0.2) is 16.8 Å². The van der Waals surface area contributed by atoms with Crippen molar-refractivity contribution in [3.63, 3.8) is 0 Å². The number of nitrogens with zero attached hydrogens (tertiary/aromatic N) is 1. The van der Waals surface area contributed by atoms with E-state index in [1.54, 1.807) is 31.2 Å². The fraction of sp³-hybridized carbons (Fsp3) is 0.381. The third-order valence-electron chi connectivity index (χ3n) is 4.85. The number of hydrogen-bond donors (Lipinski definition) is 1. The van der Waals surface area contributed by atoms with Gasteiger partial charge < -0.3 is 5.32 Å². The Balaban J connectivity index is 2.22. The predicted molar refractivity (Wildman–Crippen MR) is 119 cm³/mol. The summed E-state index contributed by atoms with van der Waals surface area (Å²) in [6.07, 6.45) is 3.02. The molecule has 1 N–H and O–H groups in total. The van der Waals surface area contributed by atoms with Crippen LogP contribution in [0.5, 0.6) is 0 Å². The summed E-state index contributed by atoms with van der Waals surface area (Å²) in [4.78, 5) is 13.0. The van der Waals surface area contributed by atoms with Crippen LogP contribution in [0.4, 0.5) is 5.69 Å². The van der Waals surface area contributed by atoms with Crippen LogP contribution in [0.15, 0.2) is 53.4 Å². The first-order valence-corrected chi connectivity index (χ1v) is 13.3. The molecule has 0 fully saturated rings. The van der Waals surface area contributed by atoms with Gasteiger partial charge in [0.1, 0.15) is 6.04 Å². The van der Waals surface area contributed by atoms with Gasteiger partial charge in [0.05, 0.1) is 22.9 Å². The maximum atomic E-state index is 12.8. The average molecular weight is 453 g/mol. The zero-order valence-corrected chi connectivity index (χ0v) is 19.4. The Morgan fingerprint density at radius 3 is 1.90 bits per heavy atom. The second kappa shape index (κ2) is 9.18. The lowest BCUT2D eigenvalue weighted by molar-refractivity contribution is -0.122. The molecule has 0 aliphatic rings. The molecule has 2 rings (SSSR count). The fourth-order valence-corrected chi connectivity index (χ4v) is 4.91. The van der Waals surface area contributed by atoms with Crippen molar-refractivity contribution in [3.05, 3.63) is 59.7 Å². The van der Waals surface area contributed by atoms with Crippen molar-refractivity contribution < 1.29 is 21.6 Å². The summed E-state index contributed by atoms with van der Waals surface area (Å²) in [7, 11) is -7.00. The molecule has 2 aromatic rings. The molecule has 30 heavy (non-hydrogen) atoms. The third-order valence-corrected chi connectivity index (χ3v) is 7.22. The number of sulfone groups is 1. The second-order valence-corrected chi connectivity index (χ2v) is 11.2. The molecule has 0 saturated carbocycles. The van der Waals surface area contributed by atoms with Crippen molar-refractivity contribution in [1.82, 2.24) is 5.32 Å². The number of carbonyl (C=O) groups is 1. The standard InChI is InChI=1S/C21H28N2O5S2/c1-6-17-7-11-19(12-8-17)23(30(5,27)28)16(3)21(24)22-15(2)18-9-13-20(14-10-18)29(4,25)26/h7-16H,6H2,1-5H3,(H,22,24)/t15-,16+/m1/s1. The molecule has 0 spiro atoms. The zero-order valence-electron chi connectivity index (χ0n) is 17.8. The molecule has 164 valence electrons. The van der Waals surface area contributed by atoms with Gasteiger partial charge in [-0.1, -0.05) is 31.2 Å². The molecule has 0 aliphatic heterocycles. The normalized spacial score (nSPS) is 14.0. The van der Waals surface area contributed by atoms with Crippen LogP contribution in [0.3, 0.4) is 0 Å². The van der Waals surface area contributed by atoms with Crippen molar-refractivity contribution in [2.24, 2.45) is 0 Å². The Morgan fingerprint density at radius 1 is 0.933 bits per heavy atom. The number of nitrogens with one attached hydrogen (secondary N) is 1. The highest BCUT2D eigenvalue weighted by Gasteiger charge is 2.29. The van der Waals surface area contributed by atoms with E-state index in [1.807, 2.05) is 19.1 Å². The predicted octanol–water partition coefficient (Wildman–Crippen LogP) is 2.68. The first-order chi connectivity index (χ1) is 13.8. The lowest BCUT2D eigenvalue weighted by Crippen LogP contribution is -2.48. The van der Waals surface area contributed by atoms with E-state index in [-0.39, 0.29) is 4.90 Å². The largest absolute Gasteiger partial charge is 0.348 e. The summed E-state index contributed by atoms with van der Waals surface area (Å²) >= 11 is 0. The summed E-state index contributed by atoms with van der Waals surface area (Å²) < 4.78 is 49.1. The molecule has 0 unspecified atom stereocenters. The maximum absolute atomic E-state index is 12.8. The minimum Gasteiger partial charge on any atom is -0.348 e. The van der Waals surface area contributed by atoms with Gasteiger partial charge in [-0.05, 0) is 55.7 Å². The van der Waals surface area contributed by atoms with Crippen LogP contribution in [-0.2, 0) is 31.1 Å². The highest BCUT2D eigenvalue weighted by molar-refractivity contribution is 7.92.